The summed E-state index contributed by atoms with van der Waals surface area (Å²) in [5.74, 6) is 0.887. The number of benzene rings is 1. The predicted molar refractivity (Wildman–Crippen MR) is 69.3 cm³/mol. The molecule has 1 N–H and O–H groups in total. The Morgan fingerprint density at radius 2 is 2.33 bits per heavy atom. The van der Waals surface area contributed by atoms with Crippen molar-refractivity contribution in [1.29, 1.82) is 0 Å². The Morgan fingerprint density at radius 3 is 3.06 bits per heavy atom. The molecule has 2 aromatic rings. The largest absolute Gasteiger partial charge is 0.497 e. The Kier molecular flexibility index (Phi) is 4.30. The molecule has 1 unspecified atom stereocenters. The number of hydrogen-bond donors (Lipinski definition) is 1. The third kappa shape index (κ3) is 3.56. The van der Waals surface area contributed by atoms with Crippen LogP contribution < -0.4 is 10.1 Å². The molecule has 1 atom stereocenters. The second-order valence-electron chi connectivity index (χ2n) is 4.25. The fourth-order valence-corrected chi connectivity index (χ4v) is 1.75. The van der Waals surface area contributed by atoms with Crippen LogP contribution >= 0.6 is 0 Å². The third-order valence-electron chi connectivity index (χ3n) is 2.72. The molecule has 1 aromatic carbocycles. The lowest BCUT2D eigenvalue weighted by Gasteiger charge is -2.13. The van der Waals surface area contributed by atoms with Crippen LogP contribution in [0.5, 0.6) is 5.75 Å². The number of ether oxygens (including phenoxy) is 1. The van der Waals surface area contributed by atoms with Crippen molar-refractivity contribution < 1.29 is 4.74 Å². The first-order chi connectivity index (χ1) is 8.78. The van der Waals surface area contributed by atoms with E-state index in [0.29, 0.717) is 6.04 Å². The van der Waals surface area contributed by atoms with E-state index in [9.17, 15) is 0 Å². The van der Waals surface area contributed by atoms with E-state index in [-0.39, 0.29) is 0 Å². The second-order valence-corrected chi connectivity index (χ2v) is 4.25. The van der Waals surface area contributed by atoms with Crippen LogP contribution in [-0.2, 0) is 13.1 Å². The molecule has 0 aliphatic heterocycles. The van der Waals surface area contributed by atoms with E-state index in [1.165, 1.54) is 5.56 Å². The van der Waals surface area contributed by atoms with Gasteiger partial charge in [-0.05, 0) is 24.6 Å². The van der Waals surface area contributed by atoms with Crippen molar-refractivity contribution in [3.8, 4) is 5.75 Å². The van der Waals surface area contributed by atoms with Gasteiger partial charge in [0, 0.05) is 12.6 Å². The van der Waals surface area contributed by atoms with Gasteiger partial charge in [-0.2, -0.15) is 5.10 Å². The first-order valence-electron chi connectivity index (χ1n) is 5.96. The van der Waals surface area contributed by atoms with E-state index in [2.05, 4.69) is 28.4 Å². The molecule has 2 rings (SSSR count). The highest BCUT2D eigenvalue weighted by Crippen LogP contribution is 2.12. The SMILES string of the molecule is COc1cccc(CNC(C)Cn2cncn2)c1. The number of methoxy groups -OCH3 is 1. The summed E-state index contributed by atoms with van der Waals surface area (Å²) in [4.78, 5) is 3.92. The summed E-state index contributed by atoms with van der Waals surface area (Å²) < 4.78 is 7.02. The first kappa shape index (κ1) is 12.6. The standard InChI is InChI=1S/C13H18N4O/c1-11(8-17-10-14-9-16-17)15-7-12-4-3-5-13(6-12)18-2/h3-6,9-11,15H,7-8H2,1-2H3. The molecule has 1 aromatic heterocycles. The number of nitrogens with zero attached hydrogens (tertiary/aromatic N) is 3. The van der Waals surface area contributed by atoms with E-state index in [1.807, 2.05) is 22.9 Å². The molecule has 0 spiro atoms. The van der Waals surface area contributed by atoms with E-state index in [4.69, 9.17) is 4.74 Å². The minimum atomic E-state index is 0.331. The van der Waals surface area contributed by atoms with Crippen LogP contribution in [0.2, 0.25) is 0 Å². The van der Waals surface area contributed by atoms with Crippen LogP contribution in [0.25, 0.3) is 0 Å². The highest BCUT2D eigenvalue weighted by atomic mass is 16.5. The summed E-state index contributed by atoms with van der Waals surface area (Å²) in [7, 11) is 1.68. The molecule has 5 heteroatoms. The molecule has 0 saturated carbocycles. The molecule has 1 heterocycles. The number of aromatic nitrogens is 3. The van der Waals surface area contributed by atoms with E-state index < -0.39 is 0 Å². The maximum atomic E-state index is 5.20. The average molecular weight is 246 g/mol. The zero-order valence-electron chi connectivity index (χ0n) is 10.7. The summed E-state index contributed by atoms with van der Waals surface area (Å²) >= 11 is 0. The van der Waals surface area contributed by atoms with E-state index >= 15 is 0 Å². The smallest absolute Gasteiger partial charge is 0.137 e. The molecule has 0 bridgehead atoms. The lowest BCUT2D eigenvalue weighted by Crippen LogP contribution is -2.30. The van der Waals surface area contributed by atoms with Gasteiger partial charge in [-0.1, -0.05) is 12.1 Å². The molecule has 0 radical (unpaired) electrons. The molecular weight excluding hydrogens is 228 g/mol. The van der Waals surface area contributed by atoms with Crippen LogP contribution in [0.15, 0.2) is 36.9 Å². The van der Waals surface area contributed by atoms with Gasteiger partial charge in [0.1, 0.15) is 18.4 Å². The highest BCUT2D eigenvalue weighted by Gasteiger charge is 2.03. The van der Waals surface area contributed by atoms with Crippen molar-refractivity contribution in [2.45, 2.75) is 26.1 Å². The van der Waals surface area contributed by atoms with Gasteiger partial charge in [0.15, 0.2) is 0 Å². The topological polar surface area (TPSA) is 52.0 Å². The molecular formula is C13H18N4O. The lowest BCUT2D eigenvalue weighted by molar-refractivity contribution is 0.413. The van der Waals surface area contributed by atoms with E-state index in [0.717, 1.165) is 18.8 Å². The molecule has 0 aliphatic carbocycles. The molecule has 0 fully saturated rings. The van der Waals surface area contributed by atoms with Crippen molar-refractivity contribution in [2.75, 3.05) is 7.11 Å². The molecule has 0 amide bonds. The maximum absolute atomic E-state index is 5.20. The zero-order valence-corrected chi connectivity index (χ0v) is 10.7. The number of hydrogen-bond acceptors (Lipinski definition) is 4. The van der Waals surface area contributed by atoms with Crippen LogP contribution in [0.4, 0.5) is 0 Å². The van der Waals surface area contributed by atoms with E-state index in [1.54, 1.807) is 19.8 Å². The van der Waals surface area contributed by atoms with Crippen molar-refractivity contribution in [1.82, 2.24) is 20.1 Å². The minimum Gasteiger partial charge on any atom is -0.497 e. The van der Waals surface area contributed by atoms with Crippen LogP contribution in [-0.4, -0.2) is 27.9 Å². The van der Waals surface area contributed by atoms with Gasteiger partial charge < -0.3 is 10.1 Å². The summed E-state index contributed by atoms with van der Waals surface area (Å²) in [5, 5.41) is 7.53. The van der Waals surface area contributed by atoms with Crippen molar-refractivity contribution in [2.24, 2.45) is 0 Å². The second kappa shape index (κ2) is 6.16. The average Bonchev–Trinajstić information content (AvgIpc) is 2.89. The fraction of sp³-hybridized carbons (Fsp3) is 0.385. The van der Waals surface area contributed by atoms with Gasteiger partial charge in [-0.3, -0.25) is 4.68 Å². The van der Waals surface area contributed by atoms with Gasteiger partial charge >= 0.3 is 0 Å². The first-order valence-corrected chi connectivity index (χ1v) is 5.96. The fourth-order valence-electron chi connectivity index (χ4n) is 1.75. The Hall–Kier alpha value is -1.88. The van der Waals surface area contributed by atoms with Crippen LogP contribution in [0.1, 0.15) is 12.5 Å². The van der Waals surface area contributed by atoms with Crippen molar-refractivity contribution >= 4 is 0 Å². The summed E-state index contributed by atoms with van der Waals surface area (Å²) in [6.45, 7) is 3.75. The quantitative estimate of drug-likeness (QED) is 0.838. The minimum absolute atomic E-state index is 0.331. The summed E-state index contributed by atoms with van der Waals surface area (Å²) in [6.07, 6.45) is 3.28. The lowest BCUT2D eigenvalue weighted by atomic mass is 10.2. The molecule has 18 heavy (non-hydrogen) atoms. The Labute approximate surface area is 107 Å². The Bertz CT molecular complexity index is 470. The normalized spacial score (nSPS) is 12.3. The van der Waals surface area contributed by atoms with Crippen LogP contribution in [0, 0.1) is 0 Å². The third-order valence-corrected chi connectivity index (χ3v) is 2.72. The summed E-state index contributed by atoms with van der Waals surface area (Å²) in [5.41, 5.74) is 1.21. The zero-order chi connectivity index (χ0) is 12.8. The van der Waals surface area contributed by atoms with Crippen molar-refractivity contribution in [3.05, 3.63) is 42.5 Å². The van der Waals surface area contributed by atoms with Crippen LogP contribution in [0.3, 0.4) is 0 Å². The molecule has 96 valence electrons. The summed E-state index contributed by atoms with van der Waals surface area (Å²) in [6, 6.07) is 8.39. The molecule has 0 aliphatic rings. The maximum Gasteiger partial charge on any atom is 0.137 e. The Balaban J connectivity index is 1.83. The Morgan fingerprint density at radius 1 is 1.44 bits per heavy atom. The predicted octanol–water partition coefficient (Wildman–Crippen LogP) is 1.47. The highest BCUT2D eigenvalue weighted by molar-refractivity contribution is 5.28. The van der Waals surface area contributed by atoms with Gasteiger partial charge in [0.2, 0.25) is 0 Å². The number of nitrogens with one attached hydrogen (secondary N) is 1. The van der Waals surface area contributed by atoms with Gasteiger partial charge in [0.05, 0.1) is 13.7 Å². The molecule has 5 nitrogen and oxygen atoms in total. The van der Waals surface area contributed by atoms with Gasteiger partial charge in [-0.15, -0.1) is 0 Å². The van der Waals surface area contributed by atoms with Crippen molar-refractivity contribution in [3.63, 3.8) is 0 Å². The number of rotatable bonds is 6. The monoisotopic (exact) mass is 246 g/mol. The van der Waals surface area contributed by atoms with Gasteiger partial charge in [0.25, 0.3) is 0 Å². The molecule has 0 saturated heterocycles. The van der Waals surface area contributed by atoms with Gasteiger partial charge in [-0.25, -0.2) is 4.98 Å².